The van der Waals surface area contributed by atoms with Crippen molar-refractivity contribution in [2.45, 2.75) is 13.0 Å². The van der Waals surface area contributed by atoms with Crippen LogP contribution in [0.5, 0.6) is 5.75 Å². The zero-order valence-electron chi connectivity index (χ0n) is 13.6. The molecule has 126 valence electrons. The van der Waals surface area contributed by atoms with Gasteiger partial charge in [-0.25, -0.2) is 0 Å². The summed E-state index contributed by atoms with van der Waals surface area (Å²) in [6, 6.07) is 15.0. The van der Waals surface area contributed by atoms with Crippen molar-refractivity contribution < 1.29 is 14.3 Å². The Labute approximate surface area is 146 Å². The van der Waals surface area contributed by atoms with E-state index >= 15 is 0 Å². The van der Waals surface area contributed by atoms with Crippen LogP contribution in [-0.2, 0) is 9.53 Å². The molecule has 0 saturated carbocycles. The topological polar surface area (TPSA) is 38.8 Å². The molecule has 1 heterocycles. The minimum Gasteiger partial charge on any atom is -0.476 e. The Kier molecular flexibility index (Phi) is 5.38. The highest BCUT2D eigenvalue weighted by molar-refractivity contribution is 6.31. The van der Waals surface area contributed by atoms with Gasteiger partial charge >= 0.3 is 0 Å². The number of carbonyl (C=O) groups is 1. The number of morpholine rings is 1. The first-order valence-corrected chi connectivity index (χ1v) is 8.37. The van der Waals surface area contributed by atoms with Crippen LogP contribution in [0.25, 0.3) is 0 Å². The molecular formula is C19H20ClNO3. The summed E-state index contributed by atoms with van der Waals surface area (Å²) in [6.07, 6.45) is -0.676. The second-order valence-electron chi connectivity index (χ2n) is 5.76. The smallest absolute Gasteiger partial charge is 0.268 e. The SMILES string of the molecule is Cc1cc(O[C@H](C(=O)N2CCOCC2)c2ccccc2)ccc1Cl. The van der Waals surface area contributed by atoms with Crippen molar-refractivity contribution >= 4 is 17.5 Å². The van der Waals surface area contributed by atoms with Gasteiger partial charge in [-0.05, 0) is 30.7 Å². The lowest BCUT2D eigenvalue weighted by Gasteiger charge is -2.30. The Bertz CT molecular complexity index is 699. The van der Waals surface area contributed by atoms with Gasteiger partial charge in [0.1, 0.15) is 5.75 Å². The van der Waals surface area contributed by atoms with Gasteiger partial charge in [0.05, 0.1) is 13.2 Å². The van der Waals surface area contributed by atoms with Gasteiger partial charge in [0.2, 0.25) is 6.10 Å². The number of ether oxygens (including phenoxy) is 2. The molecule has 4 nitrogen and oxygen atoms in total. The third kappa shape index (κ3) is 3.89. The molecule has 2 aromatic rings. The molecule has 0 aromatic heterocycles. The zero-order valence-corrected chi connectivity index (χ0v) is 14.3. The van der Waals surface area contributed by atoms with Crippen LogP contribution in [0, 0.1) is 6.92 Å². The molecule has 0 unspecified atom stereocenters. The number of rotatable bonds is 4. The van der Waals surface area contributed by atoms with Crippen molar-refractivity contribution in [3.63, 3.8) is 0 Å². The summed E-state index contributed by atoms with van der Waals surface area (Å²) in [5.74, 6) is 0.587. The molecule has 1 amide bonds. The second kappa shape index (κ2) is 7.69. The Morgan fingerprint density at radius 1 is 1.17 bits per heavy atom. The molecule has 1 atom stereocenters. The Morgan fingerprint density at radius 3 is 2.54 bits per heavy atom. The van der Waals surface area contributed by atoms with E-state index in [0.717, 1.165) is 11.1 Å². The van der Waals surface area contributed by atoms with Gasteiger partial charge in [0.15, 0.2) is 0 Å². The van der Waals surface area contributed by atoms with E-state index in [9.17, 15) is 4.79 Å². The van der Waals surface area contributed by atoms with E-state index in [2.05, 4.69) is 0 Å². The van der Waals surface area contributed by atoms with E-state index < -0.39 is 6.10 Å². The molecule has 5 heteroatoms. The minimum absolute atomic E-state index is 0.0443. The van der Waals surface area contributed by atoms with Crippen molar-refractivity contribution in [2.75, 3.05) is 26.3 Å². The Hall–Kier alpha value is -2.04. The van der Waals surface area contributed by atoms with Gasteiger partial charge in [0, 0.05) is 23.7 Å². The number of halogens is 1. The number of benzene rings is 2. The lowest BCUT2D eigenvalue weighted by molar-refractivity contribution is -0.143. The molecule has 1 saturated heterocycles. The third-order valence-corrected chi connectivity index (χ3v) is 4.46. The van der Waals surface area contributed by atoms with Crippen LogP contribution >= 0.6 is 11.6 Å². The standard InChI is InChI=1S/C19H20ClNO3/c1-14-13-16(7-8-17(14)20)24-18(15-5-3-2-4-6-15)19(22)21-9-11-23-12-10-21/h2-8,13,18H,9-12H2,1H3/t18-/m0/s1. The summed E-state index contributed by atoms with van der Waals surface area (Å²) >= 11 is 6.07. The Balaban J connectivity index is 1.87. The van der Waals surface area contributed by atoms with Crippen LogP contribution < -0.4 is 4.74 Å². The van der Waals surface area contributed by atoms with Crippen LogP contribution in [0.2, 0.25) is 5.02 Å². The van der Waals surface area contributed by atoms with Crippen molar-refractivity contribution in [1.29, 1.82) is 0 Å². The molecule has 2 aromatic carbocycles. The van der Waals surface area contributed by atoms with E-state index in [-0.39, 0.29) is 5.91 Å². The van der Waals surface area contributed by atoms with Crippen molar-refractivity contribution in [3.05, 3.63) is 64.7 Å². The van der Waals surface area contributed by atoms with E-state index in [1.54, 1.807) is 17.0 Å². The summed E-state index contributed by atoms with van der Waals surface area (Å²) in [5.41, 5.74) is 1.75. The molecule has 0 spiro atoms. The molecule has 3 rings (SSSR count). The third-order valence-electron chi connectivity index (χ3n) is 4.03. The van der Waals surface area contributed by atoms with Crippen molar-refractivity contribution in [1.82, 2.24) is 4.90 Å². The highest BCUT2D eigenvalue weighted by Crippen LogP contribution is 2.27. The maximum atomic E-state index is 13.0. The largest absolute Gasteiger partial charge is 0.476 e. The molecule has 0 radical (unpaired) electrons. The number of carbonyl (C=O) groups excluding carboxylic acids is 1. The summed E-state index contributed by atoms with van der Waals surface area (Å²) in [4.78, 5) is 14.8. The monoisotopic (exact) mass is 345 g/mol. The fourth-order valence-electron chi connectivity index (χ4n) is 2.66. The lowest BCUT2D eigenvalue weighted by Crippen LogP contribution is -2.44. The maximum absolute atomic E-state index is 13.0. The van der Waals surface area contributed by atoms with E-state index in [0.29, 0.717) is 37.1 Å². The Morgan fingerprint density at radius 2 is 1.88 bits per heavy atom. The molecule has 1 aliphatic rings. The quantitative estimate of drug-likeness (QED) is 0.849. The predicted molar refractivity (Wildman–Crippen MR) is 93.4 cm³/mol. The van der Waals surface area contributed by atoms with E-state index in [1.807, 2.05) is 43.3 Å². The van der Waals surface area contributed by atoms with Crippen LogP contribution in [0.15, 0.2) is 48.5 Å². The average molecular weight is 346 g/mol. The molecule has 24 heavy (non-hydrogen) atoms. The number of amides is 1. The fourth-order valence-corrected chi connectivity index (χ4v) is 2.78. The minimum atomic E-state index is -0.676. The number of hydrogen-bond acceptors (Lipinski definition) is 3. The molecule has 1 fully saturated rings. The van der Waals surface area contributed by atoms with Gasteiger partial charge in [-0.1, -0.05) is 41.9 Å². The summed E-state index contributed by atoms with van der Waals surface area (Å²) in [5, 5.41) is 0.679. The zero-order chi connectivity index (χ0) is 16.9. The van der Waals surface area contributed by atoms with Crippen LogP contribution in [-0.4, -0.2) is 37.1 Å². The van der Waals surface area contributed by atoms with Gasteiger partial charge in [-0.2, -0.15) is 0 Å². The molecular weight excluding hydrogens is 326 g/mol. The van der Waals surface area contributed by atoms with E-state index in [1.165, 1.54) is 0 Å². The van der Waals surface area contributed by atoms with Gasteiger partial charge in [-0.3, -0.25) is 4.79 Å². The van der Waals surface area contributed by atoms with Crippen molar-refractivity contribution in [3.8, 4) is 5.75 Å². The number of hydrogen-bond donors (Lipinski definition) is 0. The van der Waals surface area contributed by atoms with Gasteiger partial charge in [0.25, 0.3) is 5.91 Å². The van der Waals surface area contributed by atoms with E-state index in [4.69, 9.17) is 21.1 Å². The average Bonchev–Trinajstić information content (AvgIpc) is 2.63. The first-order chi connectivity index (χ1) is 11.6. The first kappa shape index (κ1) is 16.8. The highest BCUT2D eigenvalue weighted by atomic mass is 35.5. The summed E-state index contributed by atoms with van der Waals surface area (Å²) in [6.45, 7) is 4.22. The lowest BCUT2D eigenvalue weighted by atomic mass is 10.1. The van der Waals surface area contributed by atoms with Crippen LogP contribution in [0.4, 0.5) is 0 Å². The molecule has 1 aliphatic heterocycles. The fraction of sp³-hybridized carbons (Fsp3) is 0.316. The second-order valence-corrected chi connectivity index (χ2v) is 6.16. The van der Waals surface area contributed by atoms with Crippen molar-refractivity contribution in [2.24, 2.45) is 0 Å². The number of nitrogens with zero attached hydrogens (tertiary/aromatic N) is 1. The molecule has 0 aliphatic carbocycles. The normalized spacial score (nSPS) is 15.8. The van der Waals surface area contributed by atoms with Gasteiger partial charge in [-0.15, -0.1) is 0 Å². The number of aryl methyl sites for hydroxylation is 1. The summed E-state index contributed by atoms with van der Waals surface area (Å²) in [7, 11) is 0. The van der Waals surface area contributed by atoms with Crippen LogP contribution in [0.3, 0.4) is 0 Å². The molecule has 0 bridgehead atoms. The highest BCUT2D eigenvalue weighted by Gasteiger charge is 2.29. The predicted octanol–water partition coefficient (Wildman–Crippen LogP) is 3.63. The van der Waals surface area contributed by atoms with Crippen LogP contribution in [0.1, 0.15) is 17.2 Å². The van der Waals surface area contributed by atoms with Gasteiger partial charge < -0.3 is 14.4 Å². The summed E-state index contributed by atoms with van der Waals surface area (Å²) < 4.78 is 11.4. The first-order valence-electron chi connectivity index (χ1n) is 7.99. The maximum Gasteiger partial charge on any atom is 0.268 e. The molecule has 0 N–H and O–H groups in total.